The molecule has 0 fully saturated rings. The van der Waals surface area contributed by atoms with Crippen molar-refractivity contribution in [3.05, 3.63) is 89.2 Å². The topological polar surface area (TPSA) is 47.6 Å². The largest absolute Gasteiger partial charge is 0.493 e. The Bertz CT molecular complexity index is 939. The summed E-state index contributed by atoms with van der Waals surface area (Å²) in [5, 5.41) is 2.55. The predicted molar refractivity (Wildman–Crippen MR) is 103 cm³/mol. The molecule has 0 aromatic heterocycles. The highest BCUT2D eigenvalue weighted by Crippen LogP contribution is 2.29. The normalized spacial score (nSPS) is 10.3. The van der Waals surface area contributed by atoms with E-state index in [4.69, 9.17) is 9.47 Å². The standard InChI is InChI=1S/C22H20FNO3/c1-15-7-9-16(10-8-15)14-27-20-12-11-17(13-21(20)26-2)22(25)24-19-6-4-3-5-18(19)23/h3-13H,14H2,1-2H3,(H,24,25). The van der Waals surface area contributed by atoms with Gasteiger partial charge in [-0.25, -0.2) is 4.39 Å². The number of nitrogens with one attached hydrogen (secondary N) is 1. The van der Waals surface area contributed by atoms with E-state index in [1.165, 1.54) is 24.8 Å². The van der Waals surface area contributed by atoms with Gasteiger partial charge < -0.3 is 14.8 Å². The predicted octanol–water partition coefficient (Wildman–Crippen LogP) is 4.97. The molecule has 0 saturated heterocycles. The minimum absolute atomic E-state index is 0.126. The molecule has 0 aliphatic carbocycles. The van der Waals surface area contributed by atoms with Crippen LogP contribution in [0.3, 0.4) is 0 Å². The van der Waals surface area contributed by atoms with Crippen molar-refractivity contribution >= 4 is 11.6 Å². The molecular weight excluding hydrogens is 345 g/mol. The summed E-state index contributed by atoms with van der Waals surface area (Å²) in [4.78, 5) is 12.4. The fourth-order valence-corrected chi connectivity index (χ4v) is 2.53. The lowest BCUT2D eigenvalue weighted by Gasteiger charge is -2.13. The number of ether oxygens (including phenoxy) is 2. The lowest BCUT2D eigenvalue weighted by molar-refractivity contribution is 0.102. The number of benzene rings is 3. The molecule has 138 valence electrons. The van der Waals surface area contributed by atoms with Gasteiger partial charge in [0.05, 0.1) is 12.8 Å². The molecule has 0 aliphatic heterocycles. The Labute approximate surface area is 157 Å². The molecule has 1 amide bonds. The number of carbonyl (C=O) groups excluding carboxylic acids is 1. The molecule has 5 heteroatoms. The van der Waals surface area contributed by atoms with Gasteiger partial charge in [0.15, 0.2) is 11.5 Å². The third kappa shape index (κ3) is 4.64. The van der Waals surface area contributed by atoms with Gasteiger partial charge >= 0.3 is 0 Å². The van der Waals surface area contributed by atoms with E-state index in [9.17, 15) is 9.18 Å². The maximum Gasteiger partial charge on any atom is 0.255 e. The van der Waals surface area contributed by atoms with Gasteiger partial charge in [0.1, 0.15) is 12.4 Å². The fraction of sp³-hybridized carbons (Fsp3) is 0.136. The number of aryl methyl sites for hydroxylation is 1. The number of hydrogen-bond donors (Lipinski definition) is 1. The van der Waals surface area contributed by atoms with E-state index in [1.807, 2.05) is 31.2 Å². The first-order valence-corrected chi connectivity index (χ1v) is 8.49. The summed E-state index contributed by atoms with van der Waals surface area (Å²) in [6.45, 7) is 2.41. The molecule has 3 aromatic rings. The minimum atomic E-state index is -0.490. The third-order valence-corrected chi connectivity index (χ3v) is 4.06. The van der Waals surface area contributed by atoms with Gasteiger partial charge in [0, 0.05) is 5.56 Å². The number of hydrogen-bond acceptors (Lipinski definition) is 3. The van der Waals surface area contributed by atoms with Crippen molar-refractivity contribution in [1.82, 2.24) is 0 Å². The summed E-state index contributed by atoms with van der Waals surface area (Å²) < 4.78 is 24.9. The molecule has 0 heterocycles. The van der Waals surface area contributed by atoms with E-state index in [1.54, 1.807) is 30.3 Å². The van der Waals surface area contributed by atoms with E-state index < -0.39 is 11.7 Å². The van der Waals surface area contributed by atoms with Crippen LogP contribution in [0.1, 0.15) is 21.5 Å². The molecule has 4 nitrogen and oxygen atoms in total. The summed E-state index contributed by atoms with van der Waals surface area (Å²) in [6, 6.07) is 18.9. The van der Waals surface area contributed by atoms with Gasteiger partial charge in [-0.1, -0.05) is 42.0 Å². The number of methoxy groups -OCH3 is 1. The Kier molecular flexibility index (Phi) is 5.71. The quantitative estimate of drug-likeness (QED) is 0.671. The van der Waals surface area contributed by atoms with Crippen LogP contribution in [0, 0.1) is 12.7 Å². The lowest BCUT2D eigenvalue weighted by atomic mass is 10.1. The van der Waals surface area contributed by atoms with Crippen LogP contribution in [-0.4, -0.2) is 13.0 Å². The summed E-state index contributed by atoms with van der Waals surface area (Å²) >= 11 is 0. The second-order valence-corrected chi connectivity index (χ2v) is 6.07. The molecule has 0 spiro atoms. The second-order valence-electron chi connectivity index (χ2n) is 6.07. The van der Waals surface area contributed by atoms with Crippen LogP contribution in [0.25, 0.3) is 0 Å². The van der Waals surface area contributed by atoms with E-state index in [0.29, 0.717) is 23.7 Å². The molecule has 0 saturated carbocycles. The molecule has 0 atom stereocenters. The first-order valence-electron chi connectivity index (χ1n) is 8.49. The molecule has 3 rings (SSSR count). The summed E-state index contributed by atoms with van der Waals surface area (Å²) in [5.74, 6) is 0.0446. The fourth-order valence-electron chi connectivity index (χ4n) is 2.53. The van der Waals surface area contributed by atoms with E-state index in [2.05, 4.69) is 5.32 Å². The molecule has 0 radical (unpaired) electrons. The van der Waals surface area contributed by atoms with E-state index >= 15 is 0 Å². The summed E-state index contributed by atoms with van der Waals surface area (Å²) in [7, 11) is 1.51. The summed E-state index contributed by atoms with van der Waals surface area (Å²) in [6.07, 6.45) is 0. The van der Waals surface area contributed by atoms with E-state index in [0.717, 1.165) is 5.56 Å². The molecule has 0 bridgehead atoms. The summed E-state index contributed by atoms with van der Waals surface area (Å²) in [5.41, 5.74) is 2.68. The first-order chi connectivity index (χ1) is 13.1. The van der Waals surface area contributed by atoms with Crippen LogP contribution < -0.4 is 14.8 Å². The van der Waals surface area contributed by atoms with Crippen molar-refractivity contribution in [2.24, 2.45) is 0 Å². The Morgan fingerprint density at radius 3 is 2.44 bits per heavy atom. The number of para-hydroxylation sites is 1. The number of carbonyl (C=O) groups is 1. The van der Waals surface area contributed by atoms with Crippen molar-refractivity contribution < 1.29 is 18.7 Å². The van der Waals surface area contributed by atoms with Crippen LogP contribution in [-0.2, 0) is 6.61 Å². The highest BCUT2D eigenvalue weighted by atomic mass is 19.1. The minimum Gasteiger partial charge on any atom is -0.493 e. The zero-order chi connectivity index (χ0) is 19.2. The van der Waals surface area contributed by atoms with Crippen molar-refractivity contribution in [1.29, 1.82) is 0 Å². The molecule has 27 heavy (non-hydrogen) atoms. The van der Waals surface area contributed by atoms with Gasteiger partial charge in [-0.15, -0.1) is 0 Å². The third-order valence-electron chi connectivity index (χ3n) is 4.06. The van der Waals surface area contributed by atoms with Crippen LogP contribution in [0.5, 0.6) is 11.5 Å². The van der Waals surface area contributed by atoms with Crippen LogP contribution >= 0.6 is 0 Å². The number of halogens is 1. The Hall–Kier alpha value is -3.34. The zero-order valence-electron chi connectivity index (χ0n) is 15.2. The molecule has 0 unspecified atom stereocenters. The number of rotatable bonds is 6. The molecular formula is C22H20FNO3. The van der Waals surface area contributed by atoms with Crippen LogP contribution in [0.2, 0.25) is 0 Å². The Balaban J connectivity index is 1.72. The number of amides is 1. The van der Waals surface area contributed by atoms with Gasteiger partial charge in [0.25, 0.3) is 5.91 Å². The van der Waals surface area contributed by atoms with Gasteiger partial charge in [0.2, 0.25) is 0 Å². The smallest absolute Gasteiger partial charge is 0.255 e. The van der Waals surface area contributed by atoms with Crippen molar-refractivity contribution in [3.63, 3.8) is 0 Å². The van der Waals surface area contributed by atoms with Crippen molar-refractivity contribution in [2.75, 3.05) is 12.4 Å². The molecule has 0 aliphatic rings. The average molecular weight is 365 g/mol. The van der Waals surface area contributed by atoms with Gasteiger partial charge in [-0.05, 0) is 42.8 Å². The lowest BCUT2D eigenvalue weighted by Crippen LogP contribution is -2.13. The number of anilines is 1. The first kappa shape index (κ1) is 18.5. The van der Waals surface area contributed by atoms with E-state index in [-0.39, 0.29) is 5.69 Å². The highest BCUT2D eigenvalue weighted by Gasteiger charge is 2.13. The Morgan fingerprint density at radius 2 is 1.74 bits per heavy atom. The van der Waals surface area contributed by atoms with Crippen LogP contribution in [0.15, 0.2) is 66.7 Å². The van der Waals surface area contributed by atoms with Crippen LogP contribution in [0.4, 0.5) is 10.1 Å². The van der Waals surface area contributed by atoms with Gasteiger partial charge in [-0.3, -0.25) is 4.79 Å². The second kappa shape index (κ2) is 8.36. The zero-order valence-corrected chi connectivity index (χ0v) is 15.2. The molecule has 3 aromatic carbocycles. The Morgan fingerprint density at radius 1 is 1.00 bits per heavy atom. The maximum atomic E-state index is 13.7. The maximum absolute atomic E-state index is 13.7. The molecule has 1 N–H and O–H groups in total. The van der Waals surface area contributed by atoms with Crippen molar-refractivity contribution in [3.8, 4) is 11.5 Å². The average Bonchev–Trinajstić information content (AvgIpc) is 2.69. The SMILES string of the molecule is COc1cc(C(=O)Nc2ccccc2F)ccc1OCc1ccc(C)cc1. The van der Waals surface area contributed by atoms with Gasteiger partial charge in [-0.2, -0.15) is 0 Å². The monoisotopic (exact) mass is 365 g/mol. The van der Waals surface area contributed by atoms with Crippen molar-refractivity contribution in [2.45, 2.75) is 13.5 Å². The highest BCUT2D eigenvalue weighted by molar-refractivity contribution is 6.04.